The highest BCUT2D eigenvalue weighted by molar-refractivity contribution is 5.44. The Bertz CT molecular complexity index is 426. The Morgan fingerprint density at radius 1 is 1.23 bits per heavy atom. The number of aliphatic hydroxyl groups excluding tert-OH is 1. The largest absolute Gasteiger partial charge is 0.490 e. The minimum atomic E-state index is 0.0519. The van der Waals surface area contributed by atoms with Crippen LogP contribution in [0.2, 0.25) is 0 Å². The summed E-state index contributed by atoms with van der Waals surface area (Å²) >= 11 is 0. The molecule has 0 saturated heterocycles. The van der Waals surface area contributed by atoms with Crippen LogP contribution in [0.1, 0.15) is 38.3 Å². The summed E-state index contributed by atoms with van der Waals surface area (Å²) < 4.78 is 11.5. The van der Waals surface area contributed by atoms with E-state index in [4.69, 9.17) is 20.3 Å². The molecule has 0 radical (unpaired) electrons. The van der Waals surface area contributed by atoms with Crippen molar-refractivity contribution in [3.05, 3.63) is 23.8 Å². The van der Waals surface area contributed by atoms with Gasteiger partial charge >= 0.3 is 0 Å². The molecule has 1 atom stereocenters. The minimum absolute atomic E-state index is 0.0519. The molecule has 22 heavy (non-hydrogen) atoms. The first-order chi connectivity index (χ1) is 10.7. The number of aliphatic hydroxyl groups is 1. The summed E-state index contributed by atoms with van der Waals surface area (Å²) in [4.78, 5) is 2.04. The van der Waals surface area contributed by atoms with Gasteiger partial charge in [0.05, 0.1) is 19.8 Å². The maximum atomic E-state index is 9.10. The zero-order valence-corrected chi connectivity index (χ0v) is 14.0. The summed E-state index contributed by atoms with van der Waals surface area (Å²) in [6.07, 6.45) is 2.13. The quantitative estimate of drug-likeness (QED) is 0.613. The van der Waals surface area contributed by atoms with Gasteiger partial charge in [-0.1, -0.05) is 19.4 Å². The molecule has 1 unspecified atom stereocenters. The van der Waals surface area contributed by atoms with Crippen LogP contribution < -0.4 is 15.2 Å². The second-order valence-corrected chi connectivity index (χ2v) is 5.30. The molecule has 3 N–H and O–H groups in total. The van der Waals surface area contributed by atoms with Crippen molar-refractivity contribution in [1.82, 2.24) is 4.90 Å². The van der Waals surface area contributed by atoms with Gasteiger partial charge in [-0.3, -0.25) is 4.90 Å². The van der Waals surface area contributed by atoms with E-state index in [1.54, 1.807) is 0 Å². The molecular formula is C17H30N2O3. The molecule has 0 spiro atoms. The van der Waals surface area contributed by atoms with Crippen molar-refractivity contribution in [3.63, 3.8) is 0 Å². The maximum absolute atomic E-state index is 9.10. The van der Waals surface area contributed by atoms with Gasteiger partial charge in [0.15, 0.2) is 11.5 Å². The molecule has 0 saturated carbocycles. The average Bonchev–Trinajstić information content (AvgIpc) is 2.51. The van der Waals surface area contributed by atoms with Crippen LogP contribution in [0.25, 0.3) is 0 Å². The number of hydrogen-bond donors (Lipinski definition) is 2. The van der Waals surface area contributed by atoms with Crippen molar-refractivity contribution in [2.24, 2.45) is 5.73 Å². The molecule has 0 aromatic heterocycles. The van der Waals surface area contributed by atoms with Gasteiger partial charge in [-0.05, 0) is 38.1 Å². The smallest absolute Gasteiger partial charge is 0.161 e. The molecule has 0 amide bonds. The molecule has 5 heteroatoms. The van der Waals surface area contributed by atoms with Crippen molar-refractivity contribution >= 4 is 0 Å². The monoisotopic (exact) mass is 310 g/mol. The number of ether oxygens (including phenoxy) is 2. The molecule has 1 aromatic rings. The highest BCUT2D eigenvalue weighted by Gasteiger charge is 2.17. The lowest BCUT2D eigenvalue weighted by Gasteiger charge is -2.27. The molecule has 126 valence electrons. The van der Waals surface area contributed by atoms with E-state index in [-0.39, 0.29) is 12.6 Å². The lowest BCUT2D eigenvalue weighted by Crippen LogP contribution is -2.32. The number of likely N-dealkylation sites (N-methyl/N-ethyl adjacent to an activating group) is 1. The van der Waals surface area contributed by atoms with Crippen LogP contribution in [0.4, 0.5) is 0 Å². The molecule has 0 aliphatic carbocycles. The summed E-state index contributed by atoms with van der Waals surface area (Å²) in [5.41, 5.74) is 6.97. The lowest BCUT2D eigenvalue weighted by molar-refractivity contribution is 0.183. The summed E-state index contributed by atoms with van der Waals surface area (Å²) in [7, 11) is 1.96. The van der Waals surface area contributed by atoms with Crippen molar-refractivity contribution in [1.29, 1.82) is 0 Å². The maximum Gasteiger partial charge on any atom is 0.161 e. The van der Waals surface area contributed by atoms with Crippen LogP contribution in [-0.2, 0) is 0 Å². The first kappa shape index (κ1) is 18.7. The second kappa shape index (κ2) is 10.4. The van der Waals surface area contributed by atoms with E-state index < -0.39 is 0 Å². The second-order valence-electron chi connectivity index (χ2n) is 5.30. The van der Waals surface area contributed by atoms with Crippen LogP contribution in [0, 0.1) is 0 Å². The Morgan fingerprint density at radius 2 is 2.00 bits per heavy atom. The molecule has 5 nitrogen and oxygen atoms in total. The van der Waals surface area contributed by atoms with Crippen LogP contribution in [0.15, 0.2) is 18.2 Å². The first-order valence-electron chi connectivity index (χ1n) is 8.08. The third-order valence-corrected chi connectivity index (χ3v) is 3.62. The standard InChI is InChI=1S/C17H30N2O3/c1-4-6-11-22-16-8-7-14(12-17(16)21-5-2)15(13-18)19(3)9-10-20/h7-8,12,15,20H,4-6,9-11,13,18H2,1-3H3. The Hall–Kier alpha value is -1.30. The van der Waals surface area contributed by atoms with E-state index in [1.807, 2.05) is 37.1 Å². The van der Waals surface area contributed by atoms with Crippen LogP contribution in [0.3, 0.4) is 0 Å². The fraction of sp³-hybridized carbons (Fsp3) is 0.647. The number of nitrogens with zero attached hydrogens (tertiary/aromatic N) is 1. The van der Waals surface area contributed by atoms with Gasteiger partial charge in [0.1, 0.15) is 0 Å². The van der Waals surface area contributed by atoms with E-state index in [0.29, 0.717) is 26.3 Å². The van der Waals surface area contributed by atoms with Gasteiger partial charge in [-0.25, -0.2) is 0 Å². The highest BCUT2D eigenvalue weighted by Crippen LogP contribution is 2.32. The van der Waals surface area contributed by atoms with Crippen LogP contribution in [-0.4, -0.2) is 50.0 Å². The Morgan fingerprint density at radius 3 is 2.59 bits per heavy atom. The summed E-state index contributed by atoms with van der Waals surface area (Å²) in [5.74, 6) is 1.53. The lowest BCUT2D eigenvalue weighted by atomic mass is 10.0. The molecule has 1 rings (SSSR count). The molecule has 0 aliphatic heterocycles. The fourth-order valence-corrected chi connectivity index (χ4v) is 2.33. The van der Waals surface area contributed by atoms with Gasteiger partial charge in [0.25, 0.3) is 0 Å². The van der Waals surface area contributed by atoms with Crippen LogP contribution >= 0.6 is 0 Å². The van der Waals surface area contributed by atoms with Crippen molar-refractivity contribution < 1.29 is 14.6 Å². The molecule has 1 aromatic carbocycles. The number of unbranched alkanes of at least 4 members (excludes halogenated alkanes) is 1. The van der Waals surface area contributed by atoms with Crippen molar-refractivity contribution in [3.8, 4) is 11.5 Å². The Balaban J connectivity index is 2.93. The zero-order chi connectivity index (χ0) is 16.4. The van der Waals surface area contributed by atoms with E-state index in [0.717, 1.165) is 29.9 Å². The third-order valence-electron chi connectivity index (χ3n) is 3.62. The molecule has 0 aliphatic rings. The van der Waals surface area contributed by atoms with Gasteiger partial charge in [-0.2, -0.15) is 0 Å². The van der Waals surface area contributed by atoms with Gasteiger partial charge in [0.2, 0.25) is 0 Å². The number of nitrogens with two attached hydrogens (primary N) is 1. The predicted octanol–water partition coefficient (Wildman–Crippen LogP) is 2.19. The van der Waals surface area contributed by atoms with Crippen molar-refractivity contribution in [2.75, 3.05) is 40.0 Å². The van der Waals surface area contributed by atoms with Gasteiger partial charge in [-0.15, -0.1) is 0 Å². The Labute approximate surface area is 134 Å². The minimum Gasteiger partial charge on any atom is -0.490 e. The number of benzene rings is 1. The van der Waals surface area contributed by atoms with E-state index in [1.165, 1.54) is 0 Å². The predicted molar refractivity (Wildman–Crippen MR) is 89.5 cm³/mol. The molecule has 0 fully saturated rings. The first-order valence-corrected chi connectivity index (χ1v) is 8.08. The normalized spacial score (nSPS) is 12.5. The SMILES string of the molecule is CCCCOc1ccc(C(CN)N(C)CCO)cc1OCC. The average molecular weight is 310 g/mol. The molecule has 0 bridgehead atoms. The molecular weight excluding hydrogens is 280 g/mol. The highest BCUT2D eigenvalue weighted by atomic mass is 16.5. The van der Waals surface area contributed by atoms with E-state index >= 15 is 0 Å². The number of rotatable bonds is 11. The third kappa shape index (κ3) is 5.48. The van der Waals surface area contributed by atoms with E-state index in [2.05, 4.69) is 6.92 Å². The zero-order valence-electron chi connectivity index (χ0n) is 14.0. The summed E-state index contributed by atoms with van der Waals surface area (Å²) in [6, 6.07) is 6.02. The van der Waals surface area contributed by atoms with Gasteiger partial charge < -0.3 is 20.3 Å². The topological polar surface area (TPSA) is 68.0 Å². The summed E-state index contributed by atoms with van der Waals surface area (Å²) in [6.45, 7) is 6.57. The Kier molecular flexibility index (Phi) is 8.89. The van der Waals surface area contributed by atoms with Gasteiger partial charge in [0, 0.05) is 19.1 Å². The van der Waals surface area contributed by atoms with E-state index in [9.17, 15) is 0 Å². The number of hydrogen-bond acceptors (Lipinski definition) is 5. The summed E-state index contributed by atoms with van der Waals surface area (Å²) in [5, 5.41) is 9.10. The van der Waals surface area contributed by atoms with Crippen molar-refractivity contribution in [2.45, 2.75) is 32.7 Å². The van der Waals surface area contributed by atoms with Crippen LogP contribution in [0.5, 0.6) is 11.5 Å². The fourth-order valence-electron chi connectivity index (χ4n) is 2.33. The molecule has 0 heterocycles.